The van der Waals surface area contributed by atoms with E-state index >= 15 is 0 Å². The standard InChI is InChI=1S/C30H21F4N2P/c31-21-12-8-13-22(32)29(21)35-25-16-4-6-18-27(25)37(20-10-2-1-3-11-20)28-19-7-5-17-26(28)36-30-23(33)14-9-15-24(30)34/h1-19,35-36H. The second-order valence-electron chi connectivity index (χ2n) is 8.15. The molecule has 184 valence electrons. The monoisotopic (exact) mass is 516 g/mol. The highest BCUT2D eigenvalue weighted by molar-refractivity contribution is 7.80. The molecule has 5 aromatic rings. The van der Waals surface area contributed by atoms with Crippen molar-refractivity contribution in [3.05, 3.63) is 139 Å². The normalized spacial score (nSPS) is 10.9. The molecule has 0 aliphatic heterocycles. The van der Waals surface area contributed by atoms with Gasteiger partial charge < -0.3 is 10.6 Å². The lowest BCUT2D eigenvalue weighted by atomic mass is 10.2. The Balaban J connectivity index is 1.67. The second-order valence-corrected chi connectivity index (χ2v) is 10.3. The minimum Gasteiger partial charge on any atom is -0.350 e. The number of para-hydroxylation sites is 4. The summed E-state index contributed by atoms with van der Waals surface area (Å²) in [6.45, 7) is 0. The third-order valence-electron chi connectivity index (χ3n) is 5.75. The lowest BCUT2D eigenvalue weighted by Gasteiger charge is -2.25. The maximum absolute atomic E-state index is 14.5. The fourth-order valence-electron chi connectivity index (χ4n) is 4.04. The van der Waals surface area contributed by atoms with E-state index in [9.17, 15) is 17.6 Å². The van der Waals surface area contributed by atoms with Crippen molar-refractivity contribution in [3.63, 3.8) is 0 Å². The van der Waals surface area contributed by atoms with E-state index < -0.39 is 31.2 Å². The van der Waals surface area contributed by atoms with Crippen molar-refractivity contribution in [2.24, 2.45) is 0 Å². The van der Waals surface area contributed by atoms with Gasteiger partial charge in [-0.25, -0.2) is 17.6 Å². The van der Waals surface area contributed by atoms with Crippen molar-refractivity contribution < 1.29 is 17.6 Å². The van der Waals surface area contributed by atoms with E-state index in [1.807, 2.05) is 54.6 Å². The first-order valence-corrected chi connectivity index (χ1v) is 12.8. The summed E-state index contributed by atoms with van der Waals surface area (Å²) >= 11 is 0. The summed E-state index contributed by atoms with van der Waals surface area (Å²) in [7, 11) is -1.33. The fraction of sp³-hybridized carbons (Fsp3) is 0. The van der Waals surface area contributed by atoms with Gasteiger partial charge in [0.15, 0.2) is 0 Å². The van der Waals surface area contributed by atoms with Crippen LogP contribution >= 0.6 is 7.92 Å². The maximum Gasteiger partial charge on any atom is 0.149 e. The van der Waals surface area contributed by atoms with Gasteiger partial charge in [-0.3, -0.25) is 0 Å². The Kier molecular flexibility index (Phi) is 7.20. The molecule has 0 bridgehead atoms. The highest BCUT2D eigenvalue weighted by Gasteiger charge is 2.24. The van der Waals surface area contributed by atoms with E-state index in [2.05, 4.69) is 10.6 Å². The highest BCUT2D eigenvalue weighted by atomic mass is 31.1. The summed E-state index contributed by atoms with van der Waals surface area (Å²) in [5, 5.41) is 8.41. The summed E-state index contributed by atoms with van der Waals surface area (Å²) in [4.78, 5) is 0. The fourth-order valence-corrected chi connectivity index (χ4v) is 6.54. The SMILES string of the molecule is Fc1cccc(F)c1Nc1ccccc1P(c1ccccc1)c1ccccc1Nc1c(F)cccc1F. The zero-order valence-corrected chi connectivity index (χ0v) is 20.3. The summed E-state index contributed by atoms with van der Waals surface area (Å²) in [6.07, 6.45) is 0. The van der Waals surface area contributed by atoms with Crippen LogP contribution in [0.5, 0.6) is 0 Å². The van der Waals surface area contributed by atoms with Crippen LogP contribution in [0.3, 0.4) is 0 Å². The Morgan fingerprint density at radius 2 is 0.784 bits per heavy atom. The second kappa shape index (κ2) is 10.9. The van der Waals surface area contributed by atoms with E-state index in [0.717, 1.165) is 15.9 Å². The zero-order valence-electron chi connectivity index (χ0n) is 19.4. The van der Waals surface area contributed by atoms with Crippen molar-refractivity contribution in [1.29, 1.82) is 0 Å². The molecular weight excluding hydrogens is 495 g/mol. The highest BCUT2D eigenvalue weighted by Crippen LogP contribution is 2.40. The Bertz CT molecular complexity index is 1400. The van der Waals surface area contributed by atoms with Gasteiger partial charge in [-0.15, -0.1) is 0 Å². The van der Waals surface area contributed by atoms with E-state index in [1.54, 1.807) is 24.3 Å². The van der Waals surface area contributed by atoms with Gasteiger partial charge in [0.1, 0.15) is 34.6 Å². The lowest BCUT2D eigenvalue weighted by molar-refractivity contribution is 0.590. The number of halogens is 4. The predicted octanol–water partition coefficient (Wildman–Crippen LogP) is 7.49. The first-order valence-electron chi connectivity index (χ1n) is 11.5. The topological polar surface area (TPSA) is 24.1 Å². The first kappa shape index (κ1) is 24.5. The molecular formula is C30H21F4N2P. The molecule has 37 heavy (non-hydrogen) atoms. The van der Waals surface area contributed by atoms with Crippen LogP contribution in [0.25, 0.3) is 0 Å². The molecule has 0 amide bonds. The van der Waals surface area contributed by atoms with Crippen LogP contribution in [0.1, 0.15) is 0 Å². The van der Waals surface area contributed by atoms with Crippen LogP contribution in [-0.4, -0.2) is 0 Å². The van der Waals surface area contributed by atoms with Crippen LogP contribution in [0.2, 0.25) is 0 Å². The smallest absolute Gasteiger partial charge is 0.149 e. The van der Waals surface area contributed by atoms with E-state index in [0.29, 0.717) is 11.4 Å². The predicted molar refractivity (Wildman–Crippen MR) is 144 cm³/mol. The number of benzene rings is 5. The van der Waals surface area contributed by atoms with Crippen molar-refractivity contribution >= 4 is 46.6 Å². The maximum atomic E-state index is 14.5. The van der Waals surface area contributed by atoms with Gasteiger partial charge in [-0.2, -0.15) is 0 Å². The van der Waals surface area contributed by atoms with Gasteiger partial charge in [0.2, 0.25) is 0 Å². The molecule has 0 heterocycles. The molecule has 0 aromatic heterocycles. The van der Waals surface area contributed by atoms with Crippen molar-refractivity contribution in [1.82, 2.24) is 0 Å². The molecule has 0 aliphatic carbocycles. The van der Waals surface area contributed by atoms with Crippen LogP contribution < -0.4 is 26.5 Å². The first-order chi connectivity index (χ1) is 18.0. The van der Waals surface area contributed by atoms with Crippen LogP contribution in [0.15, 0.2) is 115 Å². The Morgan fingerprint density at radius 1 is 0.405 bits per heavy atom. The van der Waals surface area contributed by atoms with E-state index in [1.165, 1.54) is 36.4 Å². The van der Waals surface area contributed by atoms with Crippen LogP contribution in [0.4, 0.5) is 40.3 Å². The molecule has 0 saturated heterocycles. The number of hydrogen-bond acceptors (Lipinski definition) is 2. The molecule has 0 saturated carbocycles. The molecule has 0 aliphatic rings. The Labute approximate surface area is 213 Å². The average molecular weight is 516 g/mol. The molecule has 0 unspecified atom stereocenters. The van der Waals surface area contributed by atoms with E-state index in [-0.39, 0.29) is 11.4 Å². The average Bonchev–Trinajstić information content (AvgIpc) is 2.91. The van der Waals surface area contributed by atoms with Crippen molar-refractivity contribution in [2.45, 2.75) is 0 Å². The van der Waals surface area contributed by atoms with Gasteiger partial charge in [-0.05, 0) is 49.6 Å². The van der Waals surface area contributed by atoms with Gasteiger partial charge >= 0.3 is 0 Å². The zero-order chi connectivity index (χ0) is 25.8. The minimum absolute atomic E-state index is 0.252. The van der Waals surface area contributed by atoms with E-state index in [4.69, 9.17) is 0 Å². The molecule has 0 fully saturated rings. The summed E-state index contributed by atoms with van der Waals surface area (Å²) in [5.74, 6) is -2.85. The van der Waals surface area contributed by atoms with Gasteiger partial charge in [-0.1, -0.05) is 78.9 Å². The Morgan fingerprint density at radius 3 is 1.22 bits per heavy atom. The van der Waals surface area contributed by atoms with Gasteiger partial charge in [0.25, 0.3) is 0 Å². The number of nitrogens with one attached hydrogen (secondary N) is 2. The molecule has 7 heteroatoms. The third-order valence-corrected chi connectivity index (χ3v) is 8.31. The molecule has 0 atom stereocenters. The molecule has 5 rings (SSSR count). The largest absolute Gasteiger partial charge is 0.350 e. The summed E-state index contributed by atoms with van der Waals surface area (Å²) in [5.41, 5.74) is 0.539. The lowest BCUT2D eigenvalue weighted by Crippen LogP contribution is -2.24. The van der Waals surface area contributed by atoms with Crippen LogP contribution in [-0.2, 0) is 0 Å². The van der Waals surface area contributed by atoms with Gasteiger partial charge in [0.05, 0.1) is 0 Å². The number of hydrogen-bond donors (Lipinski definition) is 2. The number of anilines is 4. The Hall–Kier alpha value is -4.15. The molecule has 2 nitrogen and oxygen atoms in total. The van der Waals surface area contributed by atoms with Crippen molar-refractivity contribution in [2.75, 3.05) is 10.6 Å². The molecule has 0 spiro atoms. The summed E-state index contributed by atoms with van der Waals surface area (Å²) < 4.78 is 58.1. The van der Waals surface area contributed by atoms with Crippen molar-refractivity contribution in [3.8, 4) is 0 Å². The van der Waals surface area contributed by atoms with Gasteiger partial charge in [0, 0.05) is 22.0 Å². The molecule has 0 radical (unpaired) electrons. The molecule has 2 N–H and O–H groups in total. The number of rotatable bonds is 7. The van der Waals surface area contributed by atoms with Crippen LogP contribution in [0, 0.1) is 23.3 Å². The molecule has 5 aromatic carbocycles. The third kappa shape index (κ3) is 5.20. The quantitative estimate of drug-likeness (QED) is 0.173. The summed E-state index contributed by atoms with van der Waals surface area (Å²) in [6, 6.07) is 31.6. The minimum atomic E-state index is -1.33.